The number of nitrogens with one attached hydrogen (secondary N) is 1. The SMILES string of the molecule is COc1ccc(NC(=O)CN(C)Cc2cc(C)c(OC)c(C)c2)cc1S(=O)(=O)N(C)C. The van der Waals surface area contributed by atoms with Crippen molar-refractivity contribution in [1.82, 2.24) is 9.21 Å². The topological polar surface area (TPSA) is 88.2 Å². The van der Waals surface area contributed by atoms with Crippen LogP contribution in [0.25, 0.3) is 0 Å². The van der Waals surface area contributed by atoms with Gasteiger partial charge in [-0.15, -0.1) is 0 Å². The van der Waals surface area contributed by atoms with Crippen LogP contribution in [0.2, 0.25) is 0 Å². The zero-order chi connectivity index (χ0) is 23.3. The Morgan fingerprint density at radius 3 is 2.13 bits per heavy atom. The normalized spacial score (nSPS) is 11.6. The molecule has 170 valence electrons. The smallest absolute Gasteiger partial charge is 0.246 e. The van der Waals surface area contributed by atoms with E-state index in [-0.39, 0.29) is 23.1 Å². The molecule has 8 nitrogen and oxygen atoms in total. The molecule has 0 radical (unpaired) electrons. The molecule has 0 aliphatic carbocycles. The molecule has 0 atom stereocenters. The van der Waals surface area contributed by atoms with Gasteiger partial charge in [0.1, 0.15) is 16.4 Å². The molecule has 0 unspecified atom stereocenters. The summed E-state index contributed by atoms with van der Waals surface area (Å²) in [4.78, 5) is 14.4. The lowest BCUT2D eigenvalue weighted by atomic mass is 10.1. The van der Waals surface area contributed by atoms with Gasteiger partial charge in [-0.3, -0.25) is 9.69 Å². The highest BCUT2D eigenvalue weighted by atomic mass is 32.2. The van der Waals surface area contributed by atoms with E-state index < -0.39 is 10.0 Å². The van der Waals surface area contributed by atoms with E-state index in [0.29, 0.717) is 12.2 Å². The van der Waals surface area contributed by atoms with Gasteiger partial charge in [0.15, 0.2) is 0 Å². The summed E-state index contributed by atoms with van der Waals surface area (Å²) in [7, 11) is 4.07. The number of carbonyl (C=O) groups is 1. The maximum Gasteiger partial charge on any atom is 0.246 e. The molecule has 0 fully saturated rings. The predicted octanol–water partition coefficient (Wildman–Crippen LogP) is 2.64. The van der Waals surface area contributed by atoms with Crippen molar-refractivity contribution in [2.75, 3.05) is 47.2 Å². The fraction of sp³-hybridized carbons (Fsp3) is 0.409. The summed E-state index contributed by atoms with van der Waals surface area (Å²) >= 11 is 0. The second kappa shape index (κ2) is 10.1. The summed E-state index contributed by atoms with van der Waals surface area (Å²) in [6.45, 7) is 4.71. The number of nitrogens with zero attached hydrogens (tertiary/aromatic N) is 2. The number of methoxy groups -OCH3 is 2. The number of amides is 1. The molecule has 1 N–H and O–H groups in total. The largest absolute Gasteiger partial charge is 0.496 e. The van der Waals surface area contributed by atoms with Crippen molar-refractivity contribution >= 4 is 21.6 Å². The van der Waals surface area contributed by atoms with Gasteiger partial charge in [-0.25, -0.2) is 12.7 Å². The number of anilines is 1. The molecule has 9 heteroatoms. The molecule has 0 aliphatic rings. The molecular weight excluding hydrogens is 418 g/mol. The summed E-state index contributed by atoms with van der Waals surface area (Å²) in [5, 5.41) is 2.76. The van der Waals surface area contributed by atoms with Gasteiger partial charge in [-0.2, -0.15) is 0 Å². The quantitative estimate of drug-likeness (QED) is 0.633. The third-order valence-electron chi connectivity index (χ3n) is 4.80. The van der Waals surface area contributed by atoms with Crippen LogP contribution in [-0.4, -0.2) is 65.4 Å². The van der Waals surface area contributed by atoms with Gasteiger partial charge in [0.25, 0.3) is 0 Å². The lowest BCUT2D eigenvalue weighted by molar-refractivity contribution is -0.117. The van der Waals surface area contributed by atoms with Crippen molar-refractivity contribution in [1.29, 1.82) is 0 Å². The average Bonchev–Trinajstić information content (AvgIpc) is 2.67. The highest BCUT2D eigenvalue weighted by Crippen LogP contribution is 2.29. The molecule has 0 saturated carbocycles. The van der Waals surface area contributed by atoms with Gasteiger partial charge in [0, 0.05) is 26.3 Å². The van der Waals surface area contributed by atoms with E-state index in [9.17, 15) is 13.2 Å². The van der Waals surface area contributed by atoms with Gasteiger partial charge >= 0.3 is 0 Å². The predicted molar refractivity (Wildman–Crippen MR) is 121 cm³/mol. The first-order valence-electron chi connectivity index (χ1n) is 9.72. The van der Waals surface area contributed by atoms with E-state index >= 15 is 0 Å². The molecule has 0 spiro atoms. The number of carbonyl (C=O) groups excluding carboxylic acids is 1. The number of benzene rings is 2. The Morgan fingerprint density at radius 2 is 1.61 bits per heavy atom. The second-order valence-corrected chi connectivity index (χ2v) is 9.76. The number of rotatable bonds is 9. The maximum absolute atomic E-state index is 12.5. The zero-order valence-electron chi connectivity index (χ0n) is 19.1. The van der Waals surface area contributed by atoms with Crippen LogP contribution in [0, 0.1) is 13.8 Å². The minimum Gasteiger partial charge on any atom is -0.496 e. The molecule has 2 rings (SSSR count). The number of ether oxygens (including phenoxy) is 2. The third kappa shape index (κ3) is 5.96. The highest BCUT2D eigenvalue weighted by molar-refractivity contribution is 7.89. The average molecular weight is 450 g/mol. The standard InChI is InChI=1S/C22H31N3O5S/c1-15-10-17(11-16(2)22(15)30-7)13-25(5)14-21(26)23-18-8-9-19(29-6)20(12-18)31(27,28)24(3)4/h8-12H,13-14H2,1-7H3,(H,23,26). The number of hydrogen-bond donors (Lipinski definition) is 1. The first-order valence-corrected chi connectivity index (χ1v) is 11.2. The van der Waals surface area contributed by atoms with Gasteiger partial charge in [0.2, 0.25) is 15.9 Å². The molecule has 1 amide bonds. The summed E-state index contributed by atoms with van der Waals surface area (Å²) < 4.78 is 36.8. The zero-order valence-corrected chi connectivity index (χ0v) is 20.0. The molecule has 0 heterocycles. The second-order valence-electron chi connectivity index (χ2n) is 7.64. The van der Waals surface area contributed by atoms with Crippen LogP contribution in [-0.2, 0) is 21.4 Å². The fourth-order valence-electron chi connectivity index (χ4n) is 3.42. The summed E-state index contributed by atoms with van der Waals surface area (Å²) in [6, 6.07) is 8.63. The van der Waals surface area contributed by atoms with Crippen LogP contribution >= 0.6 is 0 Å². The number of hydrogen-bond acceptors (Lipinski definition) is 6. The van der Waals surface area contributed by atoms with Crippen molar-refractivity contribution in [2.24, 2.45) is 0 Å². The van der Waals surface area contributed by atoms with Gasteiger partial charge in [-0.05, 0) is 55.8 Å². The fourth-order valence-corrected chi connectivity index (χ4v) is 4.49. The lowest BCUT2D eigenvalue weighted by Gasteiger charge is -2.19. The van der Waals surface area contributed by atoms with Crippen LogP contribution < -0.4 is 14.8 Å². The summed E-state index contributed by atoms with van der Waals surface area (Å²) in [5.74, 6) is 0.837. The molecule has 0 saturated heterocycles. The van der Waals surface area contributed by atoms with Crippen LogP contribution in [0.3, 0.4) is 0 Å². The van der Waals surface area contributed by atoms with E-state index in [1.807, 2.05) is 37.9 Å². The van der Waals surface area contributed by atoms with Crippen LogP contribution in [0.1, 0.15) is 16.7 Å². The van der Waals surface area contributed by atoms with Crippen molar-refractivity contribution in [2.45, 2.75) is 25.3 Å². The monoisotopic (exact) mass is 449 g/mol. The molecular formula is C22H31N3O5S. The van der Waals surface area contributed by atoms with Gasteiger partial charge in [-0.1, -0.05) is 12.1 Å². The minimum absolute atomic E-state index is 0.00432. The van der Waals surface area contributed by atoms with E-state index in [4.69, 9.17) is 9.47 Å². The van der Waals surface area contributed by atoms with E-state index in [1.165, 1.54) is 33.3 Å². The van der Waals surface area contributed by atoms with E-state index in [0.717, 1.165) is 26.7 Å². The van der Waals surface area contributed by atoms with Gasteiger partial charge in [0.05, 0.1) is 20.8 Å². The summed E-state index contributed by atoms with van der Waals surface area (Å²) in [6.07, 6.45) is 0. The minimum atomic E-state index is -3.72. The Kier molecular flexibility index (Phi) is 8.05. The molecule has 0 bridgehead atoms. The van der Waals surface area contributed by atoms with E-state index in [2.05, 4.69) is 5.32 Å². The van der Waals surface area contributed by atoms with Crippen LogP contribution in [0.15, 0.2) is 35.2 Å². The molecule has 0 aromatic heterocycles. The summed E-state index contributed by atoms with van der Waals surface area (Å²) in [5.41, 5.74) is 3.55. The molecule has 2 aromatic carbocycles. The molecule has 31 heavy (non-hydrogen) atoms. The Bertz CT molecular complexity index is 1030. The molecule has 0 aliphatic heterocycles. The first-order chi connectivity index (χ1) is 14.5. The Hall–Kier alpha value is -2.62. The number of likely N-dealkylation sites (N-methyl/N-ethyl adjacent to an activating group) is 1. The maximum atomic E-state index is 12.5. The van der Waals surface area contributed by atoms with Crippen molar-refractivity contribution < 1.29 is 22.7 Å². The Morgan fingerprint density at radius 1 is 1.00 bits per heavy atom. The van der Waals surface area contributed by atoms with Crippen LogP contribution in [0.4, 0.5) is 5.69 Å². The Balaban J connectivity index is 2.10. The first kappa shape index (κ1) is 24.6. The lowest BCUT2D eigenvalue weighted by Crippen LogP contribution is -2.30. The van der Waals surface area contributed by atoms with Crippen molar-refractivity contribution in [3.8, 4) is 11.5 Å². The number of sulfonamides is 1. The Labute approximate surface area is 184 Å². The van der Waals surface area contributed by atoms with E-state index in [1.54, 1.807) is 13.2 Å². The highest BCUT2D eigenvalue weighted by Gasteiger charge is 2.23. The van der Waals surface area contributed by atoms with Crippen molar-refractivity contribution in [3.05, 3.63) is 47.0 Å². The van der Waals surface area contributed by atoms with Crippen molar-refractivity contribution in [3.63, 3.8) is 0 Å². The third-order valence-corrected chi connectivity index (χ3v) is 6.63. The van der Waals surface area contributed by atoms with Crippen LogP contribution in [0.5, 0.6) is 11.5 Å². The molecule has 2 aromatic rings. The number of aryl methyl sites for hydroxylation is 2. The van der Waals surface area contributed by atoms with Gasteiger partial charge < -0.3 is 14.8 Å².